The molecule has 2 aliphatic heterocycles. The molecule has 0 saturated carbocycles. The van der Waals surface area contributed by atoms with Crippen LogP contribution in [0.1, 0.15) is 64.3 Å². The van der Waals surface area contributed by atoms with Gasteiger partial charge in [-0.3, -0.25) is 9.59 Å². The summed E-state index contributed by atoms with van der Waals surface area (Å²) in [5, 5.41) is 13.6. The predicted molar refractivity (Wildman–Crippen MR) is 188 cm³/mol. The summed E-state index contributed by atoms with van der Waals surface area (Å²) < 4.78 is 11.1. The number of amides is 4. The van der Waals surface area contributed by atoms with Gasteiger partial charge in [0, 0.05) is 36.0 Å². The molecule has 3 aromatic carbocycles. The number of ether oxygens (including phenoxy) is 2. The molecule has 4 amide bonds. The fraction of sp³-hybridized carbons (Fsp3) is 0.324. The third-order valence-electron chi connectivity index (χ3n) is 7.29. The number of benzene rings is 3. The highest BCUT2D eigenvalue weighted by Gasteiger charge is 2.34. The molecule has 4 N–H and O–H groups in total. The van der Waals surface area contributed by atoms with Gasteiger partial charge in [0.15, 0.2) is 5.82 Å². The first-order valence-corrected chi connectivity index (χ1v) is 16.0. The Morgan fingerprint density at radius 3 is 2.18 bits per heavy atom. The number of aromatic nitrogens is 1. The summed E-state index contributed by atoms with van der Waals surface area (Å²) in [6, 6.07) is 21.2. The number of hydrogen-bond donors (Lipinski definition) is 4. The molecule has 12 nitrogen and oxygen atoms in total. The first kappa shape index (κ1) is 34.8. The lowest BCUT2D eigenvalue weighted by Gasteiger charge is -2.28. The number of anilines is 3. The Balaban J connectivity index is 1.47. The Labute approximate surface area is 285 Å². The largest absolute Gasteiger partial charge is 0.443 e. The number of fused-ring (bicyclic) bond motifs is 10. The molecule has 0 saturated heterocycles. The van der Waals surface area contributed by atoms with E-state index in [2.05, 4.69) is 26.3 Å². The lowest BCUT2D eigenvalue weighted by atomic mass is 10.0. The second-order valence-electron chi connectivity index (χ2n) is 13.8. The van der Waals surface area contributed by atoms with Crippen molar-refractivity contribution in [1.82, 2.24) is 15.6 Å². The third kappa shape index (κ3) is 9.32. The summed E-state index contributed by atoms with van der Waals surface area (Å²) in [5.74, 6) is -0.364. The molecule has 0 aliphatic carbocycles. The Morgan fingerprint density at radius 2 is 1.51 bits per heavy atom. The van der Waals surface area contributed by atoms with Crippen molar-refractivity contribution in [2.24, 2.45) is 0 Å². The number of pyridine rings is 1. The van der Waals surface area contributed by atoms with E-state index in [0.717, 1.165) is 21.6 Å². The fourth-order valence-corrected chi connectivity index (χ4v) is 5.16. The van der Waals surface area contributed by atoms with E-state index >= 15 is 0 Å². The van der Waals surface area contributed by atoms with Crippen LogP contribution in [0.25, 0.3) is 10.8 Å². The maximum absolute atomic E-state index is 13.8. The molecule has 4 bridgehead atoms. The second kappa shape index (κ2) is 14.3. The van der Waals surface area contributed by atoms with Crippen LogP contribution >= 0.6 is 0 Å². The molecular weight excluding hydrogens is 624 g/mol. The molecule has 0 radical (unpaired) electrons. The minimum Gasteiger partial charge on any atom is -0.443 e. The number of imide groups is 1. The molecule has 1 unspecified atom stereocenters. The van der Waals surface area contributed by atoms with Crippen molar-refractivity contribution in [2.45, 2.75) is 71.9 Å². The molecule has 256 valence electrons. The van der Waals surface area contributed by atoms with E-state index < -0.39 is 29.4 Å². The molecular formula is C37H42N6O6. The average molecular weight is 667 g/mol. The number of carbonyl (C=O) groups excluding carboxylic acids is 4. The first-order valence-electron chi connectivity index (χ1n) is 16.0. The van der Waals surface area contributed by atoms with Gasteiger partial charge in [0.2, 0.25) is 11.8 Å². The van der Waals surface area contributed by atoms with Crippen LogP contribution in [-0.4, -0.2) is 46.7 Å². The normalized spacial score (nSPS) is 15.6. The molecule has 0 spiro atoms. The number of rotatable bonds is 3. The van der Waals surface area contributed by atoms with Crippen LogP contribution in [0.15, 0.2) is 79.0 Å². The molecule has 1 aromatic heterocycles. The first-order chi connectivity index (χ1) is 23.1. The SMILES string of the molecule is CC(C)(C)OC(=O)N(C(=O)OC(C)(C)C)c1nccc2cc(NC3C(=O)NCc4cccc(c4)NC(=O)CNCc4ccc3cc4)ccc12. The van der Waals surface area contributed by atoms with Gasteiger partial charge in [-0.15, -0.1) is 0 Å². The van der Waals surface area contributed by atoms with Crippen molar-refractivity contribution >= 4 is 52.0 Å². The van der Waals surface area contributed by atoms with E-state index in [-0.39, 0.29) is 30.7 Å². The number of hydrogen-bond acceptors (Lipinski definition) is 9. The summed E-state index contributed by atoms with van der Waals surface area (Å²) >= 11 is 0. The maximum Gasteiger partial charge on any atom is 0.425 e. The van der Waals surface area contributed by atoms with Crippen LogP contribution in [0.3, 0.4) is 0 Å². The molecule has 6 rings (SSSR count). The minimum atomic E-state index is -0.918. The van der Waals surface area contributed by atoms with E-state index in [9.17, 15) is 19.2 Å². The highest BCUT2D eigenvalue weighted by molar-refractivity contribution is 6.14. The number of nitrogens with one attached hydrogen (secondary N) is 4. The highest BCUT2D eigenvalue weighted by atomic mass is 16.6. The van der Waals surface area contributed by atoms with Crippen molar-refractivity contribution in [3.8, 4) is 0 Å². The minimum absolute atomic E-state index is 0.0534. The Bertz CT molecular complexity index is 1830. The van der Waals surface area contributed by atoms with Gasteiger partial charge in [-0.2, -0.15) is 4.90 Å². The highest BCUT2D eigenvalue weighted by Crippen LogP contribution is 2.31. The molecule has 2 aliphatic rings. The predicted octanol–water partition coefficient (Wildman–Crippen LogP) is 6.42. The maximum atomic E-state index is 13.8. The van der Waals surface area contributed by atoms with Crippen LogP contribution in [0.2, 0.25) is 0 Å². The van der Waals surface area contributed by atoms with Crippen LogP contribution in [0.5, 0.6) is 0 Å². The van der Waals surface area contributed by atoms with Gasteiger partial charge in [-0.25, -0.2) is 14.6 Å². The Morgan fingerprint density at radius 1 is 0.816 bits per heavy atom. The van der Waals surface area contributed by atoms with Gasteiger partial charge in [-0.05, 0) is 100 Å². The monoisotopic (exact) mass is 666 g/mol. The van der Waals surface area contributed by atoms with Gasteiger partial charge < -0.3 is 30.7 Å². The summed E-state index contributed by atoms with van der Waals surface area (Å²) in [7, 11) is 0. The van der Waals surface area contributed by atoms with E-state index in [1.165, 1.54) is 6.20 Å². The van der Waals surface area contributed by atoms with Gasteiger partial charge >= 0.3 is 12.2 Å². The Kier molecular flexibility index (Phi) is 10.2. The third-order valence-corrected chi connectivity index (χ3v) is 7.29. The summed E-state index contributed by atoms with van der Waals surface area (Å²) in [4.78, 5) is 58.0. The summed E-state index contributed by atoms with van der Waals surface area (Å²) in [6.45, 7) is 11.1. The zero-order chi connectivity index (χ0) is 35.3. The lowest BCUT2D eigenvalue weighted by Crippen LogP contribution is -2.44. The van der Waals surface area contributed by atoms with Crippen molar-refractivity contribution in [3.63, 3.8) is 0 Å². The molecule has 12 heteroatoms. The van der Waals surface area contributed by atoms with Crippen molar-refractivity contribution < 1.29 is 28.7 Å². The van der Waals surface area contributed by atoms with Gasteiger partial charge in [0.05, 0.1) is 6.54 Å². The van der Waals surface area contributed by atoms with E-state index in [0.29, 0.717) is 28.7 Å². The van der Waals surface area contributed by atoms with Crippen LogP contribution in [0, 0.1) is 0 Å². The van der Waals surface area contributed by atoms with Crippen LogP contribution < -0.4 is 26.2 Å². The van der Waals surface area contributed by atoms with E-state index in [4.69, 9.17) is 9.47 Å². The van der Waals surface area contributed by atoms with Crippen molar-refractivity contribution in [2.75, 3.05) is 22.1 Å². The molecule has 1 atom stereocenters. The Hall–Kier alpha value is -5.49. The quantitative estimate of drug-likeness (QED) is 0.194. The summed E-state index contributed by atoms with van der Waals surface area (Å²) in [5.41, 5.74) is 2.02. The second-order valence-corrected chi connectivity index (χ2v) is 13.8. The molecule has 4 aromatic rings. The fourth-order valence-electron chi connectivity index (χ4n) is 5.16. The van der Waals surface area contributed by atoms with Crippen molar-refractivity contribution in [3.05, 3.63) is 95.7 Å². The van der Waals surface area contributed by atoms with Gasteiger partial charge in [-0.1, -0.05) is 36.4 Å². The zero-order valence-corrected chi connectivity index (χ0v) is 28.5. The van der Waals surface area contributed by atoms with E-state index in [1.54, 1.807) is 65.8 Å². The molecule has 49 heavy (non-hydrogen) atoms. The van der Waals surface area contributed by atoms with Gasteiger partial charge in [0.1, 0.15) is 17.2 Å². The topological polar surface area (TPSA) is 151 Å². The number of nitrogens with zero attached hydrogens (tertiary/aromatic N) is 2. The average Bonchev–Trinajstić information content (AvgIpc) is 3.01. The lowest BCUT2D eigenvalue weighted by molar-refractivity contribution is -0.122. The summed E-state index contributed by atoms with van der Waals surface area (Å²) in [6.07, 6.45) is -0.345. The smallest absolute Gasteiger partial charge is 0.425 e. The van der Waals surface area contributed by atoms with Crippen LogP contribution in [-0.2, 0) is 32.2 Å². The van der Waals surface area contributed by atoms with Crippen molar-refractivity contribution in [1.29, 1.82) is 0 Å². The molecule has 3 heterocycles. The molecule has 0 fully saturated rings. The van der Waals surface area contributed by atoms with Gasteiger partial charge in [0.25, 0.3) is 0 Å². The van der Waals surface area contributed by atoms with E-state index in [1.807, 2.05) is 48.5 Å². The zero-order valence-electron chi connectivity index (χ0n) is 28.5. The standard InChI is InChI=1S/C37H42N6O6/c1-36(2,3)48-34(46)43(35(47)49-37(4,5)6)32-29-15-14-28(19-26(29)16-17-39-32)42-31-25-12-10-23(11-13-25)20-38-22-30(44)41-27-9-7-8-24(18-27)21-40-33(31)45/h7-19,31,38,42H,20-22H2,1-6H3,(H,40,45)(H,41,44). The number of carbonyl (C=O) groups is 4. The van der Waals surface area contributed by atoms with Crippen LogP contribution in [0.4, 0.5) is 26.8 Å².